The Morgan fingerprint density at radius 1 is 1.10 bits per heavy atom. The van der Waals surface area contributed by atoms with Crippen molar-refractivity contribution in [2.75, 3.05) is 0 Å². The maximum Gasteiger partial charge on any atom is 0.177 e. The number of pyridine rings is 1. The van der Waals surface area contributed by atoms with Crippen molar-refractivity contribution in [3.8, 4) is 21.6 Å². The Kier molecular flexibility index (Phi) is 4.83. The van der Waals surface area contributed by atoms with Crippen LogP contribution < -0.4 is 0 Å². The summed E-state index contributed by atoms with van der Waals surface area (Å²) >= 11 is 1.62. The second kappa shape index (κ2) is 7.65. The predicted molar refractivity (Wildman–Crippen MR) is 119 cm³/mol. The van der Waals surface area contributed by atoms with Crippen molar-refractivity contribution in [3.63, 3.8) is 0 Å². The van der Waals surface area contributed by atoms with Gasteiger partial charge in [0.1, 0.15) is 5.76 Å². The Morgan fingerprint density at radius 3 is 2.73 bits per heavy atom. The molecule has 0 spiro atoms. The van der Waals surface area contributed by atoms with Crippen molar-refractivity contribution in [3.05, 3.63) is 81.8 Å². The van der Waals surface area contributed by atoms with Crippen LogP contribution >= 0.6 is 11.3 Å². The standard InChI is InChI=1S/C25H22N2O2S/c1-15-21(16(2)29-27-15)13-23(28)24-12-19-6-3-5-17-8-9-18(11-22(17)25(19)30-24)20-7-4-10-26-14-20/h4,7-12,14H,3,5-6,13H2,1-2H3. The minimum absolute atomic E-state index is 0.132. The van der Waals surface area contributed by atoms with E-state index in [2.05, 4.69) is 40.5 Å². The third kappa shape index (κ3) is 3.39. The third-order valence-corrected chi connectivity index (χ3v) is 7.10. The molecule has 3 heterocycles. The number of thiophene rings is 1. The number of aryl methyl sites for hydroxylation is 4. The summed E-state index contributed by atoms with van der Waals surface area (Å²) in [6.07, 6.45) is 7.19. The van der Waals surface area contributed by atoms with E-state index in [0.717, 1.165) is 52.3 Å². The predicted octanol–water partition coefficient (Wildman–Crippen LogP) is 6.00. The fraction of sp³-hybridized carbons (Fsp3) is 0.240. The van der Waals surface area contributed by atoms with Crippen LogP contribution in [0.5, 0.6) is 0 Å². The van der Waals surface area contributed by atoms with Crippen LogP contribution in [0.4, 0.5) is 0 Å². The van der Waals surface area contributed by atoms with Crippen molar-refractivity contribution in [1.82, 2.24) is 10.1 Å². The quantitative estimate of drug-likeness (QED) is 0.385. The minimum atomic E-state index is 0.132. The summed E-state index contributed by atoms with van der Waals surface area (Å²) in [6.45, 7) is 3.75. The molecule has 0 amide bonds. The molecule has 0 N–H and O–H groups in total. The van der Waals surface area contributed by atoms with Crippen LogP contribution in [0, 0.1) is 13.8 Å². The number of carbonyl (C=O) groups excluding carboxylic acids is 1. The van der Waals surface area contributed by atoms with Crippen LogP contribution in [0.1, 0.15) is 44.2 Å². The molecule has 1 aliphatic carbocycles. The maximum absolute atomic E-state index is 13.1. The van der Waals surface area contributed by atoms with E-state index in [9.17, 15) is 4.79 Å². The molecule has 4 aromatic rings. The molecule has 0 radical (unpaired) electrons. The summed E-state index contributed by atoms with van der Waals surface area (Å²) < 4.78 is 5.23. The normalized spacial score (nSPS) is 12.9. The fourth-order valence-electron chi connectivity index (χ4n) is 4.17. The molecule has 0 bridgehead atoms. The smallest absolute Gasteiger partial charge is 0.177 e. The van der Waals surface area contributed by atoms with Gasteiger partial charge in [0, 0.05) is 34.8 Å². The highest BCUT2D eigenvalue weighted by molar-refractivity contribution is 7.17. The SMILES string of the molecule is Cc1noc(C)c1CC(=O)c1cc2c(s1)-c1cc(-c3cccnc3)ccc1CCC2. The molecule has 5 heteroatoms. The third-order valence-electron chi connectivity index (χ3n) is 5.84. The van der Waals surface area contributed by atoms with Gasteiger partial charge in [0.2, 0.25) is 0 Å². The summed E-state index contributed by atoms with van der Waals surface area (Å²) in [5.41, 5.74) is 7.86. The van der Waals surface area contributed by atoms with Crippen LogP contribution in [-0.4, -0.2) is 15.9 Å². The van der Waals surface area contributed by atoms with Crippen molar-refractivity contribution in [2.24, 2.45) is 0 Å². The first kappa shape index (κ1) is 18.9. The summed E-state index contributed by atoms with van der Waals surface area (Å²) in [5, 5.41) is 3.98. The largest absolute Gasteiger partial charge is 0.361 e. The average Bonchev–Trinajstić information content (AvgIpc) is 3.28. The van der Waals surface area contributed by atoms with E-state index in [-0.39, 0.29) is 5.78 Å². The van der Waals surface area contributed by atoms with Crippen LogP contribution in [0.3, 0.4) is 0 Å². The summed E-state index contributed by atoms with van der Waals surface area (Å²) in [6, 6.07) is 12.8. The van der Waals surface area contributed by atoms with Gasteiger partial charge in [-0.2, -0.15) is 0 Å². The minimum Gasteiger partial charge on any atom is -0.361 e. The van der Waals surface area contributed by atoms with Gasteiger partial charge < -0.3 is 4.52 Å². The summed E-state index contributed by atoms with van der Waals surface area (Å²) in [7, 11) is 0. The molecule has 0 saturated heterocycles. The van der Waals surface area contributed by atoms with Gasteiger partial charge >= 0.3 is 0 Å². The summed E-state index contributed by atoms with van der Waals surface area (Å²) in [4.78, 5) is 19.4. The number of benzene rings is 1. The van der Waals surface area contributed by atoms with Crippen LogP contribution in [-0.2, 0) is 19.3 Å². The molecular weight excluding hydrogens is 392 g/mol. The molecule has 0 unspecified atom stereocenters. The number of fused-ring (bicyclic) bond motifs is 3. The molecule has 1 aromatic carbocycles. The van der Waals surface area contributed by atoms with Gasteiger partial charge in [-0.15, -0.1) is 11.3 Å². The zero-order valence-corrected chi connectivity index (χ0v) is 17.9. The van der Waals surface area contributed by atoms with Gasteiger partial charge in [0.05, 0.1) is 10.6 Å². The number of carbonyl (C=O) groups is 1. The van der Waals surface area contributed by atoms with Gasteiger partial charge in [-0.25, -0.2) is 0 Å². The number of nitrogens with zero attached hydrogens (tertiary/aromatic N) is 2. The molecule has 1 aliphatic rings. The van der Waals surface area contributed by atoms with Crippen molar-refractivity contribution < 1.29 is 9.32 Å². The number of rotatable bonds is 4. The van der Waals surface area contributed by atoms with Gasteiger partial charge in [-0.3, -0.25) is 9.78 Å². The lowest BCUT2D eigenvalue weighted by molar-refractivity contribution is 0.0996. The molecule has 0 aliphatic heterocycles. The van der Waals surface area contributed by atoms with Crippen LogP contribution in [0.25, 0.3) is 21.6 Å². The van der Waals surface area contributed by atoms with Crippen molar-refractivity contribution in [1.29, 1.82) is 0 Å². The molecular formula is C25H22N2O2S. The summed E-state index contributed by atoms with van der Waals surface area (Å²) in [5.74, 6) is 0.859. The molecule has 3 aromatic heterocycles. The first-order valence-corrected chi connectivity index (χ1v) is 11.0. The lowest BCUT2D eigenvalue weighted by Crippen LogP contribution is -2.03. The molecule has 5 rings (SSSR count). The number of ketones is 1. The zero-order chi connectivity index (χ0) is 20.7. The molecule has 30 heavy (non-hydrogen) atoms. The van der Waals surface area contributed by atoms with E-state index in [1.807, 2.05) is 26.1 Å². The number of aromatic nitrogens is 2. The molecule has 0 fully saturated rings. The van der Waals surface area contributed by atoms with E-state index in [1.165, 1.54) is 21.6 Å². The van der Waals surface area contributed by atoms with E-state index < -0.39 is 0 Å². The van der Waals surface area contributed by atoms with Gasteiger partial charge in [0.25, 0.3) is 0 Å². The first-order chi connectivity index (χ1) is 14.6. The Labute approximate surface area is 179 Å². The average molecular weight is 415 g/mol. The Hall–Kier alpha value is -3.05. The highest BCUT2D eigenvalue weighted by Crippen LogP contribution is 2.41. The molecule has 0 saturated carbocycles. The van der Waals surface area contributed by atoms with Crippen LogP contribution in [0.2, 0.25) is 0 Å². The van der Waals surface area contributed by atoms with Gasteiger partial charge in [0.15, 0.2) is 5.78 Å². The molecule has 0 atom stereocenters. The van der Waals surface area contributed by atoms with E-state index in [4.69, 9.17) is 4.52 Å². The number of hydrogen-bond acceptors (Lipinski definition) is 5. The highest BCUT2D eigenvalue weighted by atomic mass is 32.1. The maximum atomic E-state index is 13.1. The molecule has 4 nitrogen and oxygen atoms in total. The Morgan fingerprint density at radius 2 is 1.97 bits per heavy atom. The highest BCUT2D eigenvalue weighted by Gasteiger charge is 2.22. The van der Waals surface area contributed by atoms with E-state index >= 15 is 0 Å². The topological polar surface area (TPSA) is 56.0 Å². The second-order valence-electron chi connectivity index (χ2n) is 7.83. The fourth-order valence-corrected chi connectivity index (χ4v) is 5.37. The van der Waals surface area contributed by atoms with E-state index in [1.54, 1.807) is 17.5 Å². The monoisotopic (exact) mass is 414 g/mol. The first-order valence-electron chi connectivity index (χ1n) is 10.2. The van der Waals surface area contributed by atoms with E-state index in [0.29, 0.717) is 6.42 Å². The lowest BCUT2D eigenvalue weighted by Gasteiger charge is -2.09. The van der Waals surface area contributed by atoms with Gasteiger partial charge in [-0.1, -0.05) is 23.4 Å². The Balaban J connectivity index is 1.53. The molecule has 150 valence electrons. The van der Waals surface area contributed by atoms with Gasteiger partial charge in [-0.05, 0) is 73.6 Å². The lowest BCUT2D eigenvalue weighted by atomic mass is 9.98. The number of Topliss-reactive ketones (excluding diaryl/α,β-unsaturated/α-hetero) is 1. The number of hydrogen-bond donors (Lipinski definition) is 0. The second-order valence-corrected chi connectivity index (χ2v) is 8.89. The Bertz CT molecular complexity index is 1220. The zero-order valence-electron chi connectivity index (χ0n) is 17.1. The van der Waals surface area contributed by atoms with Crippen molar-refractivity contribution in [2.45, 2.75) is 39.5 Å². The van der Waals surface area contributed by atoms with Crippen molar-refractivity contribution >= 4 is 17.1 Å². The van der Waals surface area contributed by atoms with Crippen LogP contribution in [0.15, 0.2) is 53.3 Å².